The molecule has 1 saturated heterocycles. The van der Waals surface area contributed by atoms with Gasteiger partial charge in [-0.2, -0.15) is 0 Å². The van der Waals surface area contributed by atoms with E-state index in [1.165, 1.54) is 19.3 Å². The Hall–Kier alpha value is -0.610. The first-order chi connectivity index (χ1) is 7.34. The molecule has 2 fully saturated rings. The van der Waals surface area contributed by atoms with E-state index < -0.39 is 0 Å². The third-order valence-corrected chi connectivity index (χ3v) is 2.94. The maximum atomic E-state index is 11.3. The van der Waals surface area contributed by atoms with E-state index in [4.69, 9.17) is 4.74 Å². The molecule has 0 radical (unpaired) electrons. The summed E-state index contributed by atoms with van der Waals surface area (Å²) in [6.45, 7) is 2.11. The Balaban J connectivity index is 1.46. The number of ether oxygens (including phenoxy) is 1. The molecule has 4 heteroatoms. The molecule has 1 aliphatic heterocycles. The Bertz CT molecular complexity index is 211. The fraction of sp³-hybridized carbons (Fsp3) is 0.909. The first-order valence-corrected chi connectivity index (χ1v) is 5.96. The predicted molar refractivity (Wildman–Crippen MR) is 57.6 cm³/mol. The molecular formula is C11H20N2O2. The van der Waals surface area contributed by atoms with Crippen molar-refractivity contribution in [3.05, 3.63) is 0 Å². The van der Waals surface area contributed by atoms with Crippen LogP contribution in [0, 0.1) is 0 Å². The van der Waals surface area contributed by atoms with Crippen molar-refractivity contribution in [2.45, 2.75) is 44.2 Å². The Morgan fingerprint density at radius 1 is 1.33 bits per heavy atom. The molecule has 4 nitrogen and oxygen atoms in total. The maximum absolute atomic E-state index is 11.3. The van der Waals surface area contributed by atoms with Gasteiger partial charge in [0.25, 0.3) is 0 Å². The summed E-state index contributed by atoms with van der Waals surface area (Å²) in [7, 11) is 0. The number of amides is 1. The fourth-order valence-electron chi connectivity index (χ4n) is 1.83. The molecule has 1 atom stereocenters. The van der Waals surface area contributed by atoms with E-state index in [1.54, 1.807) is 0 Å². The van der Waals surface area contributed by atoms with Crippen LogP contribution in [-0.2, 0) is 9.53 Å². The van der Waals surface area contributed by atoms with Crippen LogP contribution >= 0.6 is 0 Å². The number of carbonyl (C=O) groups excluding carboxylic acids is 1. The molecule has 0 spiro atoms. The van der Waals surface area contributed by atoms with E-state index in [9.17, 15) is 4.79 Å². The molecule has 15 heavy (non-hydrogen) atoms. The van der Waals surface area contributed by atoms with E-state index in [-0.39, 0.29) is 5.91 Å². The topological polar surface area (TPSA) is 50.4 Å². The average molecular weight is 212 g/mol. The molecule has 2 N–H and O–H groups in total. The van der Waals surface area contributed by atoms with E-state index >= 15 is 0 Å². The Kier molecular flexibility index (Phi) is 3.97. The minimum atomic E-state index is 0.111. The summed E-state index contributed by atoms with van der Waals surface area (Å²) in [4.78, 5) is 11.3. The summed E-state index contributed by atoms with van der Waals surface area (Å²) in [5.74, 6) is 0.111. The molecule has 1 aliphatic carbocycles. The van der Waals surface area contributed by atoms with Gasteiger partial charge < -0.3 is 15.4 Å². The van der Waals surface area contributed by atoms with Gasteiger partial charge >= 0.3 is 0 Å². The summed E-state index contributed by atoms with van der Waals surface area (Å²) in [5, 5.41) is 6.10. The fourth-order valence-corrected chi connectivity index (χ4v) is 1.83. The zero-order valence-electron chi connectivity index (χ0n) is 9.13. The lowest BCUT2D eigenvalue weighted by atomic mass is 10.2. The van der Waals surface area contributed by atoms with Crippen molar-refractivity contribution < 1.29 is 9.53 Å². The van der Waals surface area contributed by atoms with Gasteiger partial charge in [0.2, 0.25) is 5.91 Å². The monoisotopic (exact) mass is 212 g/mol. The van der Waals surface area contributed by atoms with Crippen molar-refractivity contribution in [2.24, 2.45) is 0 Å². The molecule has 2 rings (SSSR count). The van der Waals surface area contributed by atoms with Crippen molar-refractivity contribution in [3.8, 4) is 0 Å². The lowest BCUT2D eigenvalue weighted by Gasteiger charge is -2.10. The SMILES string of the molecule is O=C(CNC1CC1)NCCC1CCCO1. The standard InChI is InChI=1S/C11H20N2O2/c14-11(8-13-9-3-4-9)12-6-5-10-2-1-7-15-10/h9-10,13H,1-8H2,(H,12,14). The maximum Gasteiger partial charge on any atom is 0.233 e. The van der Waals surface area contributed by atoms with Gasteiger partial charge in [0.05, 0.1) is 12.6 Å². The molecular weight excluding hydrogens is 192 g/mol. The Morgan fingerprint density at radius 2 is 2.20 bits per heavy atom. The zero-order valence-corrected chi connectivity index (χ0v) is 9.13. The molecule has 0 aromatic heterocycles. The van der Waals surface area contributed by atoms with E-state index in [0.29, 0.717) is 18.7 Å². The van der Waals surface area contributed by atoms with Gasteiger partial charge in [-0.3, -0.25) is 4.79 Å². The number of carbonyl (C=O) groups is 1. The van der Waals surface area contributed by atoms with Crippen LogP contribution < -0.4 is 10.6 Å². The van der Waals surface area contributed by atoms with Crippen LogP contribution in [0.25, 0.3) is 0 Å². The molecule has 2 aliphatic rings. The second-order valence-corrected chi connectivity index (χ2v) is 4.43. The third kappa shape index (κ3) is 4.18. The largest absolute Gasteiger partial charge is 0.378 e. The minimum absolute atomic E-state index is 0.111. The highest BCUT2D eigenvalue weighted by Gasteiger charge is 2.21. The van der Waals surface area contributed by atoms with E-state index in [0.717, 1.165) is 26.0 Å². The molecule has 0 aromatic carbocycles. The molecule has 0 aromatic rings. The zero-order chi connectivity index (χ0) is 10.5. The van der Waals surface area contributed by atoms with Gasteiger partial charge in [-0.15, -0.1) is 0 Å². The first-order valence-electron chi connectivity index (χ1n) is 5.96. The van der Waals surface area contributed by atoms with Gasteiger partial charge in [0.1, 0.15) is 0 Å². The van der Waals surface area contributed by atoms with Crippen molar-refractivity contribution in [1.82, 2.24) is 10.6 Å². The van der Waals surface area contributed by atoms with E-state index in [1.807, 2.05) is 0 Å². The Morgan fingerprint density at radius 3 is 2.87 bits per heavy atom. The normalized spacial score (nSPS) is 25.5. The van der Waals surface area contributed by atoms with Crippen LogP contribution in [0.15, 0.2) is 0 Å². The highest BCUT2D eigenvalue weighted by Crippen LogP contribution is 2.18. The molecule has 1 saturated carbocycles. The van der Waals surface area contributed by atoms with Gasteiger partial charge in [0, 0.05) is 19.2 Å². The summed E-state index contributed by atoms with van der Waals surface area (Å²) in [6.07, 6.45) is 6.10. The second-order valence-electron chi connectivity index (χ2n) is 4.43. The molecule has 1 heterocycles. The van der Waals surface area contributed by atoms with Gasteiger partial charge in [-0.05, 0) is 32.1 Å². The first kappa shape index (κ1) is 10.9. The number of rotatable bonds is 6. The molecule has 0 bridgehead atoms. The van der Waals surface area contributed by atoms with Gasteiger partial charge in [-0.25, -0.2) is 0 Å². The number of nitrogens with one attached hydrogen (secondary N) is 2. The smallest absolute Gasteiger partial charge is 0.233 e. The average Bonchev–Trinajstić information content (AvgIpc) is 2.92. The summed E-state index contributed by atoms with van der Waals surface area (Å²) < 4.78 is 5.48. The van der Waals surface area contributed by atoms with Crippen LogP contribution in [-0.4, -0.2) is 37.7 Å². The summed E-state index contributed by atoms with van der Waals surface area (Å²) in [5.41, 5.74) is 0. The van der Waals surface area contributed by atoms with Crippen LogP contribution in [0.5, 0.6) is 0 Å². The van der Waals surface area contributed by atoms with Gasteiger partial charge in [0.15, 0.2) is 0 Å². The molecule has 86 valence electrons. The second kappa shape index (κ2) is 5.47. The van der Waals surface area contributed by atoms with E-state index in [2.05, 4.69) is 10.6 Å². The number of hydrogen-bond donors (Lipinski definition) is 2. The van der Waals surface area contributed by atoms with Gasteiger partial charge in [-0.1, -0.05) is 0 Å². The highest BCUT2D eigenvalue weighted by atomic mass is 16.5. The van der Waals surface area contributed by atoms with Crippen LogP contribution in [0.4, 0.5) is 0 Å². The number of hydrogen-bond acceptors (Lipinski definition) is 3. The van der Waals surface area contributed by atoms with Crippen molar-refractivity contribution in [3.63, 3.8) is 0 Å². The van der Waals surface area contributed by atoms with Crippen LogP contribution in [0.1, 0.15) is 32.1 Å². The molecule has 1 amide bonds. The third-order valence-electron chi connectivity index (χ3n) is 2.94. The summed E-state index contributed by atoms with van der Waals surface area (Å²) >= 11 is 0. The van der Waals surface area contributed by atoms with Crippen LogP contribution in [0.2, 0.25) is 0 Å². The lowest BCUT2D eigenvalue weighted by Crippen LogP contribution is -2.36. The van der Waals surface area contributed by atoms with Crippen molar-refractivity contribution >= 4 is 5.91 Å². The highest BCUT2D eigenvalue weighted by molar-refractivity contribution is 5.78. The quantitative estimate of drug-likeness (QED) is 0.671. The Labute approximate surface area is 90.8 Å². The predicted octanol–water partition coefficient (Wildman–Crippen LogP) is 0.424. The molecule has 1 unspecified atom stereocenters. The summed E-state index contributed by atoms with van der Waals surface area (Å²) in [6, 6.07) is 0.605. The van der Waals surface area contributed by atoms with Crippen molar-refractivity contribution in [1.29, 1.82) is 0 Å². The van der Waals surface area contributed by atoms with Crippen molar-refractivity contribution in [2.75, 3.05) is 19.7 Å². The minimum Gasteiger partial charge on any atom is -0.378 e. The van der Waals surface area contributed by atoms with Crippen LogP contribution in [0.3, 0.4) is 0 Å². The lowest BCUT2D eigenvalue weighted by molar-refractivity contribution is -0.120.